The summed E-state index contributed by atoms with van der Waals surface area (Å²) in [6, 6.07) is 7.09. The molecular weight excluding hydrogens is 440 g/mol. The second-order valence-corrected chi connectivity index (χ2v) is 10.1. The Balaban J connectivity index is 1.45. The molecule has 2 atom stereocenters. The lowest BCUT2D eigenvalue weighted by atomic mass is 9.86. The Morgan fingerprint density at radius 1 is 1.20 bits per heavy atom. The van der Waals surface area contributed by atoms with Gasteiger partial charge in [-0.25, -0.2) is 0 Å². The lowest BCUT2D eigenvalue weighted by Gasteiger charge is -2.36. The van der Waals surface area contributed by atoms with E-state index in [4.69, 9.17) is 9.84 Å². The molecular formula is C27H34N6O2. The molecule has 8 nitrogen and oxygen atoms in total. The summed E-state index contributed by atoms with van der Waals surface area (Å²) in [7, 11) is 1.96. The SMILES string of the molecule is CCC1CCN(c2nn([C@@H]3CCOC3)c3c2CN(C(C)=O)CC3)c2ccc(-c3cnn(C)c3)cc21. The number of aryl methyl sites for hydroxylation is 1. The molecule has 0 radical (unpaired) electrons. The Hall–Kier alpha value is -3.13. The van der Waals surface area contributed by atoms with Crippen molar-refractivity contribution in [2.75, 3.05) is 31.2 Å². The highest BCUT2D eigenvalue weighted by Gasteiger charge is 2.35. The average molecular weight is 475 g/mol. The first kappa shape index (κ1) is 22.3. The van der Waals surface area contributed by atoms with Gasteiger partial charge in [-0.3, -0.25) is 14.2 Å². The summed E-state index contributed by atoms with van der Waals surface area (Å²) in [5, 5.41) is 9.60. The first-order valence-corrected chi connectivity index (χ1v) is 12.9. The lowest BCUT2D eigenvalue weighted by Crippen LogP contribution is -2.36. The molecule has 2 aromatic heterocycles. The van der Waals surface area contributed by atoms with Crippen molar-refractivity contribution in [1.82, 2.24) is 24.5 Å². The van der Waals surface area contributed by atoms with Crippen molar-refractivity contribution in [3.05, 3.63) is 47.4 Å². The minimum atomic E-state index is 0.129. The molecule has 0 saturated carbocycles. The van der Waals surface area contributed by atoms with Gasteiger partial charge in [0.15, 0.2) is 5.82 Å². The summed E-state index contributed by atoms with van der Waals surface area (Å²) in [5.74, 6) is 1.67. The fourth-order valence-corrected chi connectivity index (χ4v) is 6.01. The van der Waals surface area contributed by atoms with Crippen molar-refractivity contribution >= 4 is 17.4 Å². The third-order valence-electron chi connectivity index (χ3n) is 8.01. The van der Waals surface area contributed by atoms with Crippen LogP contribution in [0.2, 0.25) is 0 Å². The van der Waals surface area contributed by atoms with Crippen LogP contribution in [0.3, 0.4) is 0 Å². The van der Waals surface area contributed by atoms with Gasteiger partial charge in [-0.05, 0) is 48.4 Å². The number of anilines is 2. The van der Waals surface area contributed by atoms with E-state index in [2.05, 4.69) is 46.0 Å². The van der Waals surface area contributed by atoms with Gasteiger partial charge in [0.1, 0.15) is 0 Å². The van der Waals surface area contributed by atoms with Crippen molar-refractivity contribution in [3.8, 4) is 11.1 Å². The number of hydrogen-bond donors (Lipinski definition) is 0. The molecule has 1 saturated heterocycles. The van der Waals surface area contributed by atoms with Crippen molar-refractivity contribution in [2.45, 2.75) is 58.0 Å². The van der Waals surface area contributed by atoms with Crippen LogP contribution < -0.4 is 4.90 Å². The fraction of sp³-hybridized carbons (Fsp3) is 0.519. The van der Waals surface area contributed by atoms with Crippen molar-refractivity contribution in [3.63, 3.8) is 0 Å². The van der Waals surface area contributed by atoms with E-state index in [9.17, 15) is 4.79 Å². The van der Waals surface area contributed by atoms with Gasteiger partial charge in [-0.1, -0.05) is 13.0 Å². The van der Waals surface area contributed by atoms with Gasteiger partial charge in [0.05, 0.1) is 25.4 Å². The van der Waals surface area contributed by atoms with Gasteiger partial charge in [0.25, 0.3) is 0 Å². The molecule has 6 rings (SSSR count). The van der Waals surface area contributed by atoms with Crippen LogP contribution in [0.5, 0.6) is 0 Å². The summed E-state index contributed by atoms with van der Waals surface area (Å²) < 4.78 is 9.79. The summed E-state index contributed by atoms with van der Waals surface area (Å²) >= 11 is 0. The van der Waals surface area contributed by atoms with Crippen LogP contribution in [-0.4, -0.2) is 56.7 Å². The molecule has 184 valence electrons. The highest BCUT2D eigenvalue weighted by Crippen LogP contribution is 2.44. The number of benzene rings is 1. The maximum atomic E-state index is 12.3. The Morgan fingerprint density at radius 2 is 2.09 bits per heavy atom. The summed E-state index contributed by atoms with van der Waals surface area (Å²) in [5.41, 5.74) is 7.45. The zero-order valence-electron chi connectivity index (χ0n) is 20.9. The van der Waals surface area contributed by atoms with Gasteiger partial charge < -0.3 is 14.5 Å². The first-order valence-electron chi connectivity index (χ1n) is 12.9. The molecule has 1 fully saturated rings. The summed E-state index contributed by atoms with van der Waals surface area (Å²) in [4.78, 5) is 16.6. The number of hydrogen-bond acceptors (Lipinski definition) is 5. The summed E-state index contributed by atoms with van der Waals surface area (Å²) in [6.45, 7) is 7.77. The molecule has 1 unspecified atom stereocenters. The highest BCUT2D eigenvalue weighted by atomic mass is 16.5. The van der Waals surface area contributed by atoms with Gasteiger partial charge >= 0.3 is 0 Å². The number of carbonyl (C=O) groups is 1. The van der Waals surface area contributed by atoms with Gasteiger partial charge in [0, 0.05) is 68.8 Å². The van der Waals surface area contributed by atoms with E-state index in [0.717, 1.165) is 56.8 Å². The van der Waals surface area contributed by atoms with Crippen molar-refractivity contribution in [1.29, 1.82) is 0 Å². The molecule has 35 heavy (non-hydrogen) atoms. The van der Waals surface area contributed by atoms with E-state index in [1.54, 1.807) is 6.92 Å². The van der Waals surface area contributed by atoms with Crippen LogP contribution in [0.4, 0.5) is 11.5 Å². The van der Waals surface area contributed by atoms with Gasteiger partial charge in [0.2, 0.25) is 5.91 Å². The van der Waals surface area contributed by atoms with Crippen LogP contribution in [0.15, 0.2) is 30.6 Å². The van der Waals surface area contributed by atoms with E-state index in [1.165, 1.54) is 28.1 Å². The van der Waals surface area contributed by atoms with Crippen LogP contribution in [-0.2, 0) is 29.5 Å². The van der Waals surface area contributed by atoms with E-state index in [0.29, 0.717) is 19.1 Å². The van der Waals surface area contributed by atoms with Crippen molar-refractivity contribution < 1.29 is 9.53 Å². The minimum absolute atomic E-state index is 0.129. The van der Waals surface area contributed by atoms with Crippen LogP contribution in [0, 0.1) is 0 Å². The predicted molar refractivity (Wildman–Crippen MR) is 135 cm³/mol. The maximum absolute atomic E-state index is 12.3. The highest BCUT2D eigenvalue weighted by molar-refractivity contribution is 5.76. The molecule has 3 aliphatic heterocycles. The summed E-state index contributed by atoms with van der Waals surface area (Å²) in [6.07, 6.45) is 8.04. The Labute approximate surface area is 206 Å². The molecule has 0 N–H and O–H groups in total. The number of fused-ring (bicyclic) bond motifs is 2. The second kappa shape index (κ2) is 8.82. The average Bonchev–Trinajstić information content (AvgIpc) is 3.62. The number of aromatic nitrogens is 4. The molecule has 3 aliphatic rings. The molecule has 3 aromatic rings. The Morgan fingerprint density at radius 3 is 2.80 bits per heavy atom. The number of carbonyl (C=O) groups excluding carboxylic acids is 1. The smallest absolute Gasteiger partial charge is 0.219 e. The molecule has 5 heterocycles. The molecule has 1 amide bonds. The van der Waals surface area contributed by atoms with Gasteiger partial charge in [-0.2, -0.15) is 10.2 Å². The molecule has 8 heteroatoms. The van der Waals surface area contributed by atoms with Crippen molar-refractivity contribution in [2.24, 2.45) is 7.05 Å². The zero-order valence-corrected chi connectivity index (χ0v) is 20.9. The predicted octanol–water partition coefficient (Wildman–Crippen LogP) is 4.19. The fourth-order valence-electron chi connectivity index (χ4n) is 6.01. The lowest BCUT2D eigenvalue weighted by molar-refractivity contribution is -0.129. The third-order valence-corrected chi connectivity index (χ3v) is 8.01. The number of ether oxygens (including phenoxy) is 1. The topological polar surface area (TPSA) is 68.4 Å². The Kier molecular flexibility index (Phi) is 5.63. The largest absolute Gasteiger partial charge is 0.379 e. The zero-order chi connectivity index (χ0) is 24.1. The molecule has 0 aliphatic carbocycles. The number of amides is 1. The normalized spacial score (nSPS) is 21.8. The van der Waals surface area contributed by atoms with E-state index < -0.39 is 0 Å². The van der Waals surface area contributed by atoms with Crippen LogP contribution in [0.1, 0.15) is 61.9 Å². The van der Waals surface area contributed by atoms with Gasteiger partial charge in [-0.15, -0.1) is 0 Å². The molecule has 1 aromatic carbocycles. The first-order chi connectivity index (χ1) is 17.0. The minimum Gasteiger partial charge on any atom is -0.379 e. The van der Waals surface area contributed by atoms with Crippen LogP contribution in [0.25, 0.3) is 11.1 Å². The monoisotopic (exact) mass is 474 g/mol. The quantitative estimate of drug-likeness (QED) is 0.567. The van der Waals surface area contributed by atoms with E-state index in [-0.39, 0.29) is 11.9 Å². The maximum Gasteiger partial charge on any atom is 0.219 e. The van der Waals surface area contributed by atoms with E-state index in [1.807, 2.05) is 22.8 Å². The second-order valence-electron chi connectivity index (χ2n) is 10.1. The van der Waals surface area contributed by atoms with E-state index >= 15 is 0 Å². The number of nitrogens with zero attached hydrogens (tertiary/aromatic N) is 6. The molecule has 0 bridgehead atoms. The van der Waals surface area contributed by atoms with Crippen LogP contribution >= 0.6 is 0 Å². The molecule has 0 spiro atoms. The standard InChI is InChI=1S/C27H34N6O2/c1-4-19-7-11-32(25-6-5-20(13-23(19)25)21-14-28-30(3)15-21)27-24-16-31(18(2)34)10-8-26(24)33(29-27)22-9-12-35-17-22/h5-6,13-15,19,22H,4,7-12,16-17H2,1-3H3/t19?,22-/m1/s1. The third kappa shape index (κ3) is 3.84. The number of rotatable bonds is 4. The Bertz CT molecular complexity index is 1250.